The minimum absolute atomic E-state index is 0.126. The number of rotatable bonds is 3. The zero-order valence-electron chi connectivity index (χ0n) is 10.7. The number of benzene rings is 1. The fourth-order valence-corrected chi connectivity index (χ4v) is 1.92. The average molecular weight is 312 g/mol. The van der Waals surface area contributed by atoms with Crippen LogP contribution < -0.4 is 5.32 Å². The average Bonchev–Trinajstić information content (AvgIpc) is 2.45. The molecule has 0 fully saturated rings. The van der Waals surface area contributed by atoms with Crippen LogP contribution in [-0.4, -0.2) is 10.9 Å². The largest absolute Gasteiger partial charge is 0.416 e. The molecule has 0 spiro atoms. The summed E-state index contributed by atoms with van der Waals surface area (Å²) in [7, 11) is 0. The quantitative estimate of drug-likeness (QED) is 0.849. The van der Waals surface area contributed by atoms with Crippen LogP contribution in [0.15, 0.2) is 42.6 Å². The van der Waals surface area contributed by atoms with Crippen molar-refractivity contribution in [2.24, 2.45) is 0 Å². The van der Waals surface area contributed by atoms with Crippen molar-refractivity contribution in [2.45, 2.75) is 12.7 Å². The summed E-state index contributed by atoms with van der Waals surface area (Å²) < 4.78 is 37.6. The molecule has 2 rings (SSSR count). The van der Waals surface area contributed by atoms with Crippen molar-refractivity contribution in [2.75, 3.05) is 0 Å². The maximum Gasteiger partial charge on any atom is 0.416 e. The van der Waals surface area contributed by atoms with Crippen molar-refractivity contribution >= 4 is 18.1 Å². The number of pyridine rings is 1. The number of hydrogen-bond donors (Lipinski definition) is 2. The molecule has 1 heterocycles. The molecular formula is C14H11F3N2OS. The van der Waals surface area contributed by atoms with Gasteiger partial charge in [0, 0.05) is 12.7 Å². The van der Waals surface area contributed by atoms with E-state index < -0.39 is 11.7 Å². The van der Waals surface area contributed by atoms with E-state index in [4.69, 9.17) is 12.2 Å². The first-order valence-corrected chi connectivity index (χ1v) is 6.41. The Morgan fingerprint density at radius 3 is 2.43 bits per heavy atom. The Labute approximate surface area is 123 Å². The zero-order valence-corrected chi connectivity index (χ0v) is 11.5. The SMILES string of the molecule is O=C(NCc1ccc(C(F)(F)F)cc1)c1ccc[nH]c1=S. The third-order valence-corrected chi connectivity index (χ3v) is 3.13. The van der Waals surface area contributed by atoms with E-state index in [0.717, 1.165) is 12.1 Å². The molecule has 0 radical (unpaired) electrons. The van der Waals surface area contributed by atoms with Gasteiger partial charge >= 0.3 is 6.18 Å². The lowest BCUT2D eigenvalue weighted by atomic mass is 10.1. The van der Waals surface area contributed by atoms with Crippen molar-refractivity contribution in [3.8, 4) is 0 Å². The molecule has 0 aliphatic rings. The van der Waals surface area contributed by atoms with E-state index in [9.17, 15) is 18.0 Å². The van der Waals surface area contributed by atoms with Crippen LogP contribution in [0.1, 0.15) is 21.5 Å². The molecule has 0 aliphatic carbocycles. The number of carbonyl (C=O) groups is 1. The minimum atomic E-state index is -4.36. The fraction of sp³-hybridized carbons (Fsp3) is 0.143. The number of aromatic nitrogens is 1. The molecule has 0 unspecified atom stereocenters. The highest BCUT2D eigenvalue weighted by Crippen LogP contribution is 2.29. The third kappa shape index (κ3) is 3.91. The van der Waals surface area contributed by atoms with Crippen LogP contribution >= 0.6 is 12.2 Å². The maximum absolute atomic E-state index is 12.4. The minimum Gasteiger partial charge on any atom is -0.352 e. The Kier molecular flexibility index (Phi) is 4.42. The Bertz CT molecular complexity index is 692. The first-order chi connectivity index (χ1) is 9.88. The van der Waals surface area contributed by atoms with E-state index in [1.807, 2.05) is 0 Å². The highest BCUT2D eigenvalue weighted by Gasteiger charge is 2.29. The molecule has 0 bridgehead atoms. The second-order valence-corrected chi connectivity index (χ2v) is 4.70. The van der Waals surface area contributed by atoms with Crippen molar-refractivity contribution in [1.82, 2.24) is 10.3 Å². The monoisotopic (exact) mass is 312 g/mol. The normalized spacial score (nSPS) is 11.2. The molecular weight excluding hydrogens is 301 g/mol. The van der Waals surface area contributed by atoms with Crippen LogP contribution in [0.5, 0.6) is 0 Å². The smallest absolute Gasteiger partial charge is 0.352 e. The second-order valence-electron chi connectivity index (χ2n) is 4.29. The highest BCUT2D eigenvalue weighted by atomic mass is 32.1. The summed E-state index contributed by atoms with van der Waals surface area (Å²) in [5.41, 5.74) is 0.171. The van der Waals surface area contributed by atoms with Crippen LogP contribution in [0.3, 0.4) is 0 Å². The standard InChI is InChI=1S/C14H11F3N2OS/c15-14(16,17)10-5-3-9(4-6-10)8-19-12(20)11-2-1-7-18-13(11)21/h1-7H,8H2,(H,18,21)(H,19,20). The molecule has 0 saturated carbocycles. The lowest BCUT2D eigenvalue weighted by molar-refractivity contribution is -0.137. The maximum atomic E-state index is 12.4. The summed E-state index contributed by atoms with van der Waals surface area (Å²) in [4.78, 5) is 14.6. The fourth-order valence-electron chi connectivity index (χ4n) is 1.69. The van der Waals surface area contributed by atoms with E-state index in [-0.39, 0.29) is 12.5 Å². The zero-order chi connectivity index (χ0) is 15.5. The molecule has 2 aromatic rings. The van der Waals surface area contributed by atoms with Crippen molar-refractivity contribution in [3.63, 3.8) is 0 Å². The molecule has 3 nitrogen and oxygen atoms in total. The molecule has 7 heteroatoms. The molecule has 21 heavy (non-hydrogen) atoms. The van der Waals surface area contributed by atoms with Gasteiger partial charge < -0.3 is 10.3 Å². The number of alkyl halides is 3. The molecule has 1 aromatic carbocycles. The highest BCUT2D eigenvalue weighted by molar-refractivity contribution is 7.71. The first-order valence-electron chi connectivity index (χ1n) is 6.00. The molecule has 0 atom stereocenters. The third-order valence-electron chi connectivity index (χ3n) is 2.80. The van der Waals surface area contributed by atoms with Gasteiger partial charge in [0.1, 0.15) is 4.64 Å². The van der Waals surface area contributed by atoms with E-state index >= 15 is 0 Å². The van der Waals surface area contributed by atoms with Gasteiger partial charge in [-0.25, -0.2) is 0 Å². The second kappa shape index (κ2) is 6.09. The summed E-state index contributed by atoms with van der Waals surface area (Å²) in [6.07, 6.45) is -2.76. The van der Waals surface area contributed by atoms with E-state index in [2.05, 4.69) is 10.3 Å². The number of hydrogen-bond acceptors (Lipinski definition) is 2. The van der Waals surface area contributed by atoms with E-state index in [1.165, 1.54) is 12.1 Å². The van der Waals surface area contributed by atoms with Gasteiger partial charge in [-0.05, 0) is 29.8 Å². The Morgan fingerprint density at radius 1 is 1.19 bits per heavy atom. The molecule has 0 aliphatic heterocycles. The molecule has 1 amide bonds. The van der Waals surface area contributed by atoms with Gasteiger partial charge in [-0.2, -0.15) is 13.2 Å². The van der Waals surface area contributed by atoms with Gasteiger partial charge in [-0.3, -0.25) is 4.79 Å². The van der Waals surface area contributed by atoms with Crippen LogP contribution in [-0.2, 0) is 12.7 Å². The number of amides is 1. The predicted molar refractivity (Wildman–Crippen MR) is 74.2 cm³/mol. The van der Waals surface area contributed by atoms with Crippen molar-refractivity contribution < 1.29 is 18.0 Å². The number of aromatic amines is 1. The lowest BCUT2D eigenvalue weighted by Gasteiger charge is -2.08. The van der Waals surface area contributed by atoms with Crippen LogP contribution in [0, 0.1) is 4.64 Å². The molecule has 0 saturated heterocycles. The van der Waals surface area contributed by atoms with Gasteiger partial charge in [0.2, 0.25) is 0 Å². The molecule has 2 N–H and O–H groups in total. The summed E-state index contributed by atoms with van der Waals surface area (Å²) in [6, 6.07) is 7.83. The Hall–Kier alpha value is -2.15. The van der Waals surface area contributed by atoms with Crippen LogP contribution in [0.25, 0.3) is 0 Å². The summed E-state index contributed by atoms with van der Waals surface area (Å²) in [5, 5.41) is 2.61. The Morgan fingerprint density at radius 2 is 1.86 bits per heavy atom. The summed E-state index contributed by atoms with van der Waals surface area (Å²) >= 11 is 4.98. The molecule has 1 aromatic heterocycles. The van der Waals surface area contributed by atoms with E-state index in [0.29, 0.717) is 15.8 Å². The van der Waals surface area contributed by atoms with Gasteiger partial charge in [0.25, 0.3) is 5.91 Å². The Balaban J connectivity index is 2.02. The number of nitrogens with one attached hydrogen (secondary N) is 2. The van der Waals surface area contributed by atoms with Crippen molar-refractivity contribution in [3.05, 3.63) is 63.9 Å². The number of halogens is 3. The molecule has 110 valence electrons. The summed E-state index contributed by atoms with van der Waals surface area (Å²) in [5.74, 6) is -0.378. The van der Waals surface area contributed by atoms with Crippen molar-refractivity contribution in [1.29, 1.82) is 0 Å². The number of H-pyrrole nitrogens is 1. The van der Waals surface area contributed by atoms with Crippen LogP contribution in [0.2, 0.25) is 0 Å². The van der Waals surface area contributed by atoms with Crippen LogP contribution in [0.4, 0.5) is 13.2 Å². The van der Waals surface area contributed by atoms with Gasteiger partial charge in [-0.15, -0.1) is 0 Å². The van der Waals surface area contributed by atoms with Gasteiger partial charge in [-0.1, -0.05) is 24.4 Å². The van der Waals surface area contributed by atoms with Gasteiger partial charge in [0.05, 0.1) is 11.1 Å². The number of carbonyl (C=O) groups excluding carboxylic acids is 1. The van der Waals surface area contributed by atoms with E-state index in [1.54, 1.807) is 18.3 Å². The topological polar surface area (TPSA) is 44.9 Å². The predicted octanol–water partition coefficient (Wildman–Crippen LogP) is 3.69. The summed E-state index contributed by atoms with van der Waals surface area (Å²) in [6.45, 7) is 0.126. The lowest BCUT2D eigenvalue weighted by Crippen LogP contribution is -2.23. The first kappa shape index (κ1) is 15.2. The van der Waals surface area contributed by atoms with Gasteiger partial charge in [0.15, 0.2) is 0 Å².